The maximum atomic E-state index is 10.8. The lowest BCUT2D eigenvalue weighted by molar-refractivity contribution is 0.112. The predicted molar refractivity (Wildman–Crippen MR) is 70.8 cm³/mol. The molecule has 0 atom stereocenters. The fraction of sp³-hybridized carbons (Fsp3) is 0.231. The topological polar surface area (TPSA) is 33.2 Å². The van der Waals surface area contributed by atoms with Gasteiger partial charge in [-0.1, -0.05) is 41.7 Å². The average molecular weight is 246 g/mol. The third-order valence-corrected chi connectivity index (χ3v) is 3.71. The minimum absolute atomic E-state index is 0.708. The lowest BCUT2D eigenvalue weighted by Gasteiger charge is -2.15. The Hall–Kier alpha value is -1.68. The van der Waals surface area contributed by atoms with Crippen LogP contribution in [0.5, 0.6) is 0 Å². The van der Waals surface area contributed by atoms with Crippen LogP contribution in [-0.2, 0) is 6.54 Å². The summed E-state index contributed by atoms with van der Waals surface area (Å²) < 4.78 is 0. The zero-order valence-electron chi connectivity index (χ0n) is 9.88. The molecule has 0 spiro atoms. The van der Waals surface area contributed by atoms with Crippen LogP contribution in [0.3, 0.4) is 0 Å². The number of aldehydes is 1. The van der Waals surface area contributed by atoms with Gasteiger partial charge in [-0.2, -0.15) is 0 Å². The number of aryl methyl sites for hydroxylation is 1. The Bertz CT molecular complexity index is 507. The second-order valence-corrected chi connectivity index (χ2v) is 4.91. The van der Waals surface area contributed by atoms with Crippen molar-refractivity contribution in [2.75, 3.05) is 11.9 Å². The molecular weight excluding hydrogens is 232 g/mol. The molecule has 2 rings (SSSR count). The van der Waals surface area contributed by atoms with E-state index in [9.17, 15) is 4.79 Å². The van der Waals surface area contributed by atoms with Crippen LogP contribution in [0, 0.1) is 6.92 Å². The van der Waals surface area contributed by atoms with Gasteiger partial charge >= 0.3 is 0 Å². The molecule has 0 unspecified atom stereocenters. The molecule has 0 aliphatic rings. The van der Waals surface area contributed by atoms with Crippen molar-refractivity contribution in [3.8, 4) is 0 Å². The van der Waals surface area contributed by atoms with Gasteiger partial charge in [0.1, 0.15) is 0 Å². The molecule has 17 heavy (non-hydrogen) atoms. The van der Waals surface area contributed by atoms with E-state index in [1.807, 2.05) is 32.2 Å². The summed E-state index contributed by atoms with van der Waals surface area (Å²) in [6, 6.07) is 10.2. The molecular formula is C13H14N2OS. The number of carbonyl (C=O) groups excluding carboxylic acids is 1. The van der Waals surface area contributed by atoms with Crippen molar-refractivity contribution in [1.82, 2.24) is 4.98 Å². The summed E-state index contributed by atoms with van der Waals surface area (Å²) >= 11 is 1.43. The van der Waals surface area contributed by atoms with Crippen LogP contribution in [0.1, 0.15) is 20.9 Å². The van der Waals surface area contributed by atoms with E-state index < -0.39 is 0 Å². The average Bonchev–Trinajstić information content (AvgIpc) is 2.72. The van der Waals surface area contributed by atoms with Gasteiger partial charge in [-0.15, -0.1) is 0 Å². The zero-order chi connectivity index (χ0) is 12.3. The van der Waals surface area contributed by atoms with E-state index in [1.54, 1.807) is 0 Å². The van der Waals surface area contributed by atoms with Crippen molar-refractivity contribution >= 4 is 22.8 Å². The van der Waals surface area contributed by atoms with Gasteiger partial charge in [0.25, 0.3) is 0 Å². The van der Waals surface area contributed by atoms with Gasteiger partial charge in [-0.3, -0.25) is 4.79 Å². The van der Waals surface area contributed by atoms with Crippen LogP contribution in [0.25, 0.3) is 0 Å². The molecule has 88 valence electrons. The molecule has 1 heterocycles. The Kier molecular flexibility index (Phi) is 3.54. The van der Waals surface area contributed by atoms with E-state index in [4.69, 9.17) is 0 Å². The van der Waals surface area contributed by atoms with Gasteiger partial charge in [0.15, 0.2) is 11.4 Å². The van der Waals surface area contributed by atoms with Crippen LogP contribution < -0.4 is 4.90 Å². The van der Waals surface area contributed by atoms with Gasteiger partial charge in [0.2, 0.25) is 0 Å². The molecule has 0 saturated heterocycles. The molecule has 0 radical (unpaired) electrons. The Balaban J connectivity index is 2.14. The molecule has 0 N–H and O–H groups in total. The Morgan fingerprint density at radius 2 is 2.06 bits per heavy atom. The molecule has 2 aromatic rings. The van der Waals surface area contributed by atoms with E-state index >= 15 is 0 Å². The normalized spacial score (nSPS) is 10.2. The second kappa shape index (κ2) is 5.10. The highest BCUT2D eigenvalue weighted by atomic mass is 32.1. The predicted octanol–water partition coefficient (Wildman–Crippen LogP) is 2.90. The summed E-state index contributed by atoms with van der Waals surface area (Å²) in [6.45, 7) is 2.66. The SMILES string of the molecule is Cc1nc(N(C)Cc2ccccc2)sc1C=O. The quantitative estimate of drug-likeness (QED) is 0.778. The highest BCUT2D eigenvalue weighted by Crippen LogP contribution is 2.24. The summed E-state index contributed by atoms with van der Waals surface area (Å²) in [5.74, 6) is 0. The minimum Gasteiger partial charge on any atom is -0.347 e. The van der Waals surface area contributed by atoms with Crippen molar-refractivity contribution in [2.24, 2.45) is 0 Å². The number of rotatable bonds is 4. The Labute approximate surface area is 105 Å². The Morgan fingerprint density at radius 3 is 2.65 bits per heavy atom. The number of nitrogens with zero attached hydrogens (tertiary/aromatic N) is 2. The third kappa shape index (κ3) is 2.71. The fourth-order valence-corrected chi connectivity index (χ4v) is 2.43. The molecule has 0 aliphatic heterocycles. The largest absolute Gasteiger partial charge is 0.347 e. The van der Waals surface area contributed by atoms with Crippen molar-refractivity contribution in [2.45, 2.75) is 13.5 Å². The standard InChI is InChI=1S/C13H14N2OS/c1-10-12(9-16)17-13(14-10)15(2)8-11-6-4-3-5-7-11/h3-7,9H,8H2,1-2H3. The Morgan fingerprint density at radius 1 is 1.35 bits per heavy atom. The first-order chi connectivity index (χ1) is 8.20. The molecule has 3 nitrogen and oxygen atoms in total. The van der Waals surface area contributed by atoms with Gasteiger partial charge < -0.3 is 4.90 Å². The van der Waals surface area contributed by atoms with Crippen LogP contribution in [0.2, 0.25) is 0 Å². The van der Waals surface area contributed by atoms with Gasteiger partial charge in [0, 0.05) is 13.6 Å². The maximum Gasteiger partial charge on any atom is 0.186 e. The van der Waals surface area contributed by atoms with Crippen molar-refractivity contribution in [3.05, 3.63) is 46.5 Å². The molecule has 1 aromatic carbocycles. The van der Waals surface area contributed by atoms with Gasteiger partial charge in [0.05, 0.1) is 10.6 Å². The third-order valence-electron chi connectivity index (χ3n) is 2.52. The molecule has 4 heteroatoms. The van der Waals surface area contributed by atoms with Crippen LogP contribution in [0.15, 0.2) is 30.3 Å². The summed E-state index contributed by atoms with van der Waals surface area (Å²) in [4.78, 5) is 17.9. The van der Waals surface area contributed by atoms with E-state index in [-0.39, 0.29) is 0 Å². The molecule has 0 fully saturated rings. The first-order valence-corrected chi connectivity index (χ1v) is 6.20. The molecule has 0 amide bonds. The van der Waals surface area contributed by atoms with Crippen molar-refractivity contribution in [3.63, 3.8) is 0 Å². The van der Waals surface area contributed by atoms with Crippen LogP contribution in [-0.4, -0.2) is 18.3 Å². The van der Waals surface area contributed by atoms with Crippen LogP contribution in [0.4, 0.5) is 5.13 Å². The summed E-state index contributed by atoms with van der Waals surface area (Å²) in [5.41, 5.74) is 2.04. The maximum absolute atomic E-state index is 10.8. The van der Waals surface area contributed by atoms with E-state index in [0.717, 1.165) is 23.7 Å². The smallest absolute Gasteiger partial charge is 0.186 e. The highest BCUT2D eigenvalue weighted by Gasteiger charge is 2.10. The number of hydrogen-bond acceptors (Lipinski definition) is 4. The number of hydrogen-bond donors (Lipinski definition) is 0. The summed E-state index contributed by atoms with van der Waals surface area (Å²) in [6.07, 6.45) is 0.868. The minimum atomic E-state index is 0.708. The first-order valence-electron chi connectivity index (χ1n) is 5.38. The van der Waals surface area contributed by atoms with E-state index in [2.05, 4.69) is 22.0 Å². The molecule has 1 aromatic heterocycles. The fourth-order valence-electron chi connectivity index (χ4n) is 1.59. The summed E-state index contributed by atoms with van der Waals surface area (Å²) in [7, 11) is 1.99. The lowest BCUT2D eigenvalue weighted by Crippen LogP contribution is -2.15. The van der Waals surface area contributed by atoms with Gasteiger partial charge in [-0.05, 0) is 12.5 Å². The first kappa shape index (κ1) is 11.8. The lowest BCUT2D eigenvalue weighted by atomic mass is 10.2. The number of benzene rings is 1. The van der Waals surface area contributed by atoms with Gasteiger partial charge in [-0.25, -0.2) is 4.98 Å². The number of aromatic nitrogens is 1. The zero-order valence-corrected chi connectivity index (χ0v) is 10.7. The number of thiazole rings is 1. The highest BCUT2D eigenvalue weighted by molar-refractivity contribution is 7.17. The van der Waals surface area contributed by atoms with Crippen molar-refractivity contribution in [1.29, 1.82) is 0 Å². The van der Waals surface area contributed by atoms with Crippen LogP contribution >= 0.6 is 11.3 Å². The second-order valence-electron chi connectivity index (χ2n) is 3.91. The summed E-state index contributed by atoms with van der Waals surface area (Å²) in [5, 5.41) is 0.883. The molecule has 0 bridgehead atoms. The van der Waals surface area contributed by atoms with Crippen molar-refractivity contribution < 1.29 is 4.79 Å². The molecule has 0 saturated carbocycles. The number of anilines is 1. The monoisotopic (exact) mass is 246 g/mol. The van der Waals surface area contributed by atoms with E-state index in [1.165, 1.54) is 16.9 Å². The number of carbonyl (C=O) groups is 1. The molecule has 0 aliphatic carbocycles. The van der Waals surface area contributed by atoms with E-state index in [0.29, 0.717) is 4.88 Å².